The van der Waals surface area contributed by atoms with Crippen LogP contribution in [0, 0.1) is 0 Å². The van der Waals surface area contributed by atoms with E-state index in [0.717, 1.165) is 4.90 Å². The summed E-state index contributed by atoms with van der Waals surface area (Å²) in [5, 5.41) is 0. The van der Waals surface area contributed by atoms with Crippen molar-refractivity contribution in [3.8, 4) is 0 Å². The summed E-state index contributed by atoms with van der Waals surface area (Å²) in [7, 11) is -6.07. The molecule has 0 aromatic heterocycles. The fourth-order valence-electron chi connectivity index (χ4n) is 1.33. The zero-order chi connectivity index (χ0) is 20.8. The van der Waals surface area contributed by atoms with E-state index in [-0.39, 0.29) is 29.3 Å². The van der Waals surface area contributed by atoms with E-state index in [2.05, 4.69) is 12.5 Å². The van der Waals surface area contributed by atoms with Gasteiger partial charge >= 0.3 is 11.5 Å². The minimum atomic E-state index is -6.09. The molecule has 1 aromatic rings. The highest BCUT2D eigenvalue weighted by Crippen LogP contribution is 2.20. The SMILES string of the molecule is C[S+](C)c1ccccc1C(=O)OCOC(C)(C)C.O=S(=O)([O-])C(F)(F)F. The minimum Gasteiger partial charge on any atom is -0.741 e. The summed E-state index contributed by atoms with van der Waals surface area (Å²) in [5.41, 5.74) is -5.32. The van der Waals surface area contributed by atoms with Gasteiger partial charge in [0.2, 0.25) is 0 Å². The Kier molecular flexibility index (Phi) is 9.10. The average Bonchev–Trinajstić information content (AvgIpc) is 2.44. The molecule has 0 radical (unpaired) electrons. The van der Waals surface area contributed by atoms with Crippen molar-refractivity contribution in [3.63, 3.8) is 0 Å². The standard InChI is InChI=1S/C14H21O3S.CHF3O3S/c1-14(2,3)17-10-16-13(15)11-8-6-7-9-12(11)18(4)5;2-1(3,4)8(5,6)7/h6-9H,10H2,1-5H3;(H,5,6,7)/q+1;/p-1. The number of alkyl halides is 3. The zero-order valence-corrected chi connectivity index (χ0v) is 16.5. The van der Waals surface area contributed by atoms with Crippen LogP contribution in [0.5, 0.6) is 0 Å². The Hall–Kier alpha value is -1.30. The van der Waals surface area contributed by atoms with E-state index in [9.17, 15) is 18.0 Å². The molecule has 0 fully saturated rings. The highest BCUT2D eigenvalue weighted by atomic mass is 32.2. The molecule has 0 heterocycles. The van der Waals surface area contributed by atoms with Gasteiger partial charge in [-0.1, -0.05) is 12.1 Å². The van der Waals surface area contributed by atoms with Gasteiger partial charge < -0.3 is 14.0 Å². The first kappa shape index (κ1) is 24.7. The number of hydrogen-bond donors (Lipinski definition) is 0. The number of hydrogen-bond acceptors (Lipinski definition) is 6. The molecule has 0 saturated heterocycles. The Morgan fingerprint density at radius 2 is 1.62 bits per heavy atom. The van der Waals surface area contributed by atoms with Gasteiger partial charge in [-0.2, -0.15) is 13.2 Å². The summed E-state index contributed by atoms with van der Waals surface area (Å²) < 4.78 is 69.4. The van der Waals surface area contributed by atoms with Crippen molar-refractivity contribution < 1.29 is 40.4 Å². The van der Waals surface area contributed by atoms with Gasteiger partial charge in [-0.25, -0.2) is 13.2 Å². The third-order valence-corrected chi connectivity index (χ3v) is 4.31. The largest absolute Gasteiger partial charge is 0.741 e. The molecule has 0 N–H and O–H groups in total. The maximum absolute atomic E-state index is 12.0. The molecule has 26 heavy (non-hydrogen) atoms. The van der Waals surface area contributed by atoms with Crippen LogP contribution < -0.4 is 0 Å². The van der Waals surface area contributed by atoms with E-state index < -0.39 is 15.6 Å². The molecular formula is C15H21F3O6S2. The van der Waals surface area contributed by atoms with Crippen LogP contribution >= 0.6 is 0 Å². The van der Waals surface area contributed by atoms with Crippen molar-refractivity contribution in [2.75, 3.05) is 19.3 Å². The quantitative estimate of drug-likeness (QED) is 0.245. The third kappa shape index (κ3) is 9.41. The van der Waals surface area contributed by atoms with Crippen LogP contribution in [0.15, 0.2) is 29.2 Å². The Morgan fingerprint density at radius 3 is 2.00 bits per heavy atom. The molecule has 1 rings (SSSR count). The molecule has 1 aromatic carbocycles. The lowest BCUT2D eigenvalue weighted by molar-refractivity contribution is -0.0966. The summed E-state index contributed by atoms with van der Waals surface area (Å²) in [5.74, 6) is -0.323. The van der Waals surface area contributed by atoms with E-state index in [1.54, 1.807) is 6.07 Å². The number of carbonyl (C=O) groups is 1. The van der Waals surface area contributed by atoms with E-state index in [1.165, 1.54) is 0 Å². The predicted octanol–water partition coefficient (Wildman–Crippen LogP) is 2.90. The van der Waals surface area contributed by atoms with Crippen LogP contribution in [0.25, 0.3) is 0 Å². The van der Waals surface area contributed by atoms with Gasteiger partial charge in [0.15, 0.2) is 21.8 Å². The number of rotatable bonds is 4. The predicted molar refractivity (Wildman–Crippen MR) is 90.8 cm³/mol. The fourth-order valence-corrected chi connectivity index (χ4v) is 2.27. The van der Waals surface area contributed by atoms with Crippen LogP contribution in [0.3, 0.4) is 0 Å². The molecule has 150 valence electrons. The minimum absolute atomic E-state index is 0.0160. The summed E-state index contributed by atoms with van der Waals surface area (Å²) in [6.45, 7) is 5.75. The summed E-state index contributed by atoms with van der Waals surface area (Å²) in [4.78, 5) is 13.0. The molecule has 0 aliphatic carbocycles. The van der Waals surface area contributed by atoms with Gasteiger partial charge in [0.25, 0.3) is 0 Å². The van der Waals surface area contributed by atoms with Gasteiger partial charge in [-0.3, -0.25) is 0 Å². The smallest absolute Gasteiger partial charge is 0.485 e. The molecule has 0 saturated carbocycles. The molecule has 0 spiro atoms. The van der Waals surface area contributed by atoms with Gasteiger partial charge in [0, 0.05) is 10.9 Å². The maximum Gasteiger partial charge on any atom is 0.485 e. The number of benzene rings is 1. The van der Waals surface area contributed by atoms with Crippen LogP contribution in [-0.4, -0.2) is 49.4 Å². The summed E-state index contributed by atoms with van der Waals surface area (Å²) >= 11 is 0. The van der Waals surface area contributed by atoms with Gasteiger partial charge in [0.1, 0.15) is 18.1 Å². The number of ether oxygens (including phenoxy) is 2. The molecule has 0 bridgehead atoms. The Labute approximate surface area is 153 Å². The van der Waals surface area contributed by atoms with Crippen molar-refractivity contribution in [3.05, 3.63) is 29.8 Å². The zero-order valence-electron chi connectivity index (χ0n) is 14.9. The second kappa shape index (κ2) is 9.58. The Morgan fingerprint density at radius 1 is 1.15 bits per heavy atom. The van der Waals surface area contributed by atoms with Crippen molar-refractivity contribution in [1.82, 2.24) is 0 Å². The van der Waals surface area contributed by atoms with E-state index in [0.29, 0.717) is 5.56 Å². The maximum atomic E-state index is 12.0. The van der Waals surface area contributed by atoms with Crippen LogP contribution in [0.4, 0.5) is 13.2 Å². The second-order valence-electron chi connectivity index (χ2n) is 6.02. The highest BCUT2D eigenvalue weighted by molar-refractivity contribution is 7.95. The molecule has 0 aliphatic rings. The number of halogens is 3. The molecule has 6 nitrogen and oxygen atoms in total. The molecule has 0 aliphatic heterocycles. The van der Waals surface area contributed by atoms with Crippen LogP contribution in [0.2, 0.25) is 0 Å². The Balaban J connectivity index is 0.000000660. The lowest BCUT2D eigenvalue weighted by Gasteiger charge is -2.19. The monoisotopic (exact) mass is 418 g/mol. The van der Waals surface area contributed by atoms with Crippen LogP contribution in [-0.2, 0) is 30.5 Å². The average molecular weight is 418 g/mol. The molecule has 0 unspecified atom stereocenters. The first-order valence-electron chi connectivity index (χ1n) is 7.06. The van der Waals surface area contributed by atoms with Crippen molar-refractivity contribution in [2.45, 2.75) is 36.8 Å². The normalized spacial score (nSPS) is 12.4. The molecule has 11 heteroatoms. The molecule has 0 amide bonds. The summed E-state index contributed by atoms with van der Waals surface area (Å²) in [6, 6.07) is 7.54. The molecular weight excluding hydrogens is 397 g/mol. The fraction of sp³-hybridized carbons (Fsp3) is 0.533. The number of esters is 1. The van der Waals surface area contributed by atoms with Gasteiger partial charge in [-0.05, 0) is 32.9 Å². The van der Waals surface area contributed by atoms with Gasteiger partial charge in [-0.15, -0.1) is 0 Å². The Bertz CT molecular complexity index is 694. The lowest BCUT2D eigenvalue weighted by Crippen LogP contribution is -2.22. The van der Waals surface area contributed by atoms with Crippen LogP contribution in [0.1, 0.15) is 31.1 Å². The van der Waals surface area contributed by atoms with Crippen molar-refractivity contribution in [2.24, 2.45) is 0 Å². The van der Waals surface area contributed by atoms with E-state index >= 15 is 0 Å². The first-order chi connectivity index (χ1) is 11.6. The van der Waals surface area contributed by atoms with E-state index in [1.807, 2.05) is 39.0 Å². The third-order valence-electron chi connectivity index (χ3n) is 2.51. The highest BCUT2D eigenvalue weighted by Gasteiger charge is 2.36. The second-order valence-corrected chi connectivity index (χ2v) is 9.46. The topological polar surface area (TPSA) is 92.7 Å². The lowest BCUT2D eigenvalue weighted by atomic mass is 10.2. The molecule has 0 atom stereocenters. The summed E-state index contributed by atoms with van der Waals surface area (Å²) in [6.07, 6.45) is 4.16. The van der Waals surface area contributed by atoms with Crippen molar-refractivity contribution >= 4 is 27.0 Å². The first-order valence-corrected chi connectivity index (χ1v) is 10.5. The number of carbonyl (C=O) groups excluding carboxylic acids is 1. The van der Waals surface area contributed by atoms with Crippen molar-refractivity contribution in [1.29, 1.82) is 0 Å². The van der Waals surface area contributed by atoms with E-state index in [4.69, 9.17) is 22.4 Å². The van der Waals surface area contributed by atoms with Gasteiger partial charge in [0.05, 0.1) is 5.60 Å².